The molecule has 1 aromatic heterocycles. The van der Waals surface area contributed by atoms with Gasteiger partial charge in [0.25, 0.3) is 0 Å². The predicted octanol–water partition coefficient (Wildman–Crippen LogP) is 4.39. The van der Waals surface area contributed by atoms with E-state index in [1.54, 1.807) is 23.5 Å². The number of rotatable bonds is 6. The van der Waals surface area contributed by atoms with E-state index in [9.17, 15) is 4.39 Å². The second-order valence-electron chi connectivity index (χ2n) is 4.66. The SMILES string of the molecule is CCCC(NCc1ccc(C#N)cc1F)c1cccs1. The topological polar surface area (TPSA) is 35.8 Å². The Hall–Kier alpha value is -1.70. The lowest BCUT2D eigenvalue weighted by atomic mass is 10.1. The highest BCUT2D eigenvalue weighted by Gasteiger charge is 2.12. The average molecular weight is 288 g/mol. The fraction of sp³-hybridized carbons (Fsp3) is 0.312. The molecule has 0 aliphatic heterocycles. The molecule has 0 spiro atoms. The van der Waals surface area contributed by atoms with E-state index in [4.69, 9.17) is 5.26 Å². The van der Waals surface area contributed by atoms with Gasteiger partial charge in [-0.1, -0.05) is 25.5 Å². The minimum absolute atomic E-state index is 0.259. The van der Waals surface area contributed by atoms with Gasteiger partial charge in [-0.3, -0.25) is 0 Å². The fourth-order valence-electron chi connectivity index (χ4n) is 2.12. The maximum Gasteiger partial charge on any atom is 0.129 e. The highest BCUT2D eigenvalue weighted by Crippen LogP contribution is 2.24. The lowest BCUT2D eigenvalue weighted by molar-refractivity contribution is 0.489. The van der Waals surface area contributed by atoms with E-state index in [0.29, 0.717) is 17.7 Å². The number of nitrogens with zero attached hydrogens (tertiary/aromatic N) is 1. The van der Waals surface area contributed by atoms with E-state index < -0.39 is 0 Å². The first-order chi connectivity index (χ1) is 9.74. The molecule has 2 nitrogen and oxygen atoms in total. The maximum absolute atomic E-state index is 13.8. The van der Waals surface area contributed by atoms with E-state index >= 15 is 0 Å². The number of benzene rings is 1. The second kappa shape index (κ2) is 7.18. The zero-order valence-corrected chi connectivity index (χ0v) is 12.2. The Morgan fingerprint density at radius 3 is 2.85 bits per heavy atom. The highest BCUT2D eigenvalue weighted by atomic mass is 32.1. The van der Waals surface area contributed by atoms with E-state index in [2.05, 4.69) is 23.7 Å². The summed E-state index contributed by atoms with van der Waals surface area (Å²) in [6, 6.07) is 11.0. The first-order valence-electron chi connectivity index (χ1n) is 6.70. The third-order valence-corrected chi connectivity index (χ3v) is 4.17. The quantitative estimate of drug-likeness (QED) is 0.855. The summed E-state index contributed by atoms with van der Waals surface area (Å²) in [6.07, 6.45) is 2.10. The van der Waals surface area contributed by atoms with Crippen molar-refractivity contribution in [1.82, 2.24) is 5.32 Å². The Bertz CT molecular complexity index is 587. The summed E-state index contributed by atoms with van der Waals surface area (Å²) in [7, 11) is 0. The van der Waals surface area contributed by atoms with Crippen LogP contribution in [0.4, 0.5) is 4.39 Å². The summed E-state index contributed by atoms with van der Waals surface area (Å²) in [6.45, 7) is 2.62. The van der Waals surface area contributed by atoms with Crippen LogP contribution >= 0.6 is 11.3 Å². The van der Waals surface area contributed by atoms with Gasteiger partial charge in [0.15, 0.2) is 0 Å². The second-order valence-corrected chi connectivity index (χ2v) is 5.63. The number of nitriles is 1. The van der Waals surface area contributed by atoms with Gasteiger partial charge in [-0.2, -0.15) is 5.26 Å². The largest absolute Gasteiger partial charge is 0.305 e. The predicted molar refractivity (Wildman–Crippen MR) is 79.9 cm³/mol. The molecule has 4 heteroatoms. The van der Waals surface area contributed by atoms with Crippen LogP contribution in [0.1, 0.15) is 41.8 Å². The van der Waals surface area contributed by atoms with Crippen LogP contribution in [0.15, 0.2) is 35.7 Å². The number of hydrogen-bond acceptors (Lipinski definition) is 3. The molecule has 2 aromatic rings. The van der Waals surface area contributed by atoms with Crippen molar-refractivity contribution in [2.45, 2.75) is 32.4 Å². The molecule has 104 valence electrons. The van der Waals surface area contributed by atoms with Crippen LogP contribution in [0.3, 0.4) is 0 Å². The normalized spacial score (nSPS) is 12.1. The number of hydrogen-bond donors (Lipinski definition) is 1. The number of halogens is 1. The Kier molecular flexibility index (Phi) is 5.28. The van der Waals surface area contributed by atoms with Crippen LogP contribution in [0, 0.1) is 17.1 Å². The van der Waals surface area contributed by atoms with E-state index in [-0.39, 0.29) is 11.9 Å². The van der Waals surface area contributed by atoms with Crippen molar-refractivity contribution in [2.24, 2.45) is 0 Å². The van der Waals surface area contributed by atoms with Crippen LogP contribution in [0.2, 0.25) is 0 Å². The molecule has 1 unspecified atom stereocenters. The molecule has 1 heterocycles. The maximum atomic E-state index is 13.8. The molecule has 0 fully saturated rings. The Balaban J connectivity index is 2.04. The zero-order chi connectivity index (χ0) is 14.4. The highest BCUT2D eigenvalue weighted by molar-refractivity contribution is 7.10. The van der Waals surface area contributed by atoms with Crippen LogP contribution < -0.4 is 5.32 Å². The molecule has 2 rings (SSSR count). The zero-order valence-electron chi connectivity index (χ0n) is 11.4. The monoisotopic (exact) mass is 288 g/mol. The van der Waals surface area contributed by atoms with Crippen molar-refractivity contribution in [3.8, 4) is 6.07 Å². The first kappa shape index (κ1) is 14.7. The molecule has 0 bridgehead atoms. The van der Waals surface area contributed by atoms with Gasteiger partial charge in [-0.15, -0.1) is 11.3 Å². The smallest absolute Gasteiger partial charge is 0.129 e. The molecule has 1 atom stereocenters. The number of thiophene rings is 1. The Morgan fingerprint density at radius 1 is 1.40 bits per heavy atom. The third-order valence-electron chi connectivity index (χ3n) is 3.19. The fourth-order valence-corrected chi connectivity index (χ4v) is 2.95. The van der Waals surface area contributed by atoms with Crippen LogP contribution in [-0.2, 0) is 6.54 Å². The van der Waals surface area contributed by atoms with Gasteiger partial charge < -0.3 is 5.32 Å². The lowest BCUT2D eigenvalue weighted by Crippen LogP contribution is -2.20. The molecular weight excluding hydrogens is 271 g/mol. The van der Waals surface area contributed by atoms with Gasteiger partial charge in [-0.05, 0) is 30.0 Å². The molecule has 20 heavy (non-hydrogen) atoms. The average Bonchev–Trinajstić information content (AvgIpc) is 2.98. The summed E-state index contributed by atoms with van der Waals surface area (Å²) in [5.74, 6) is -0.321. The minimum atomic E-state index is -0.321. The summed E-state index contributed by atoms with van der Waals surface area (Å²) < 4.78 is 13.8. The molecule has 1 N–H and O–H groups in total. The van der Waals surface area contributed by atoms with Crippen molar-refractivity contribution in [2.75, 3.05) is 0 Å². The van der Waals surface area contributed by atoms with Crippen molar-refractivity contribution >= 4 is 11.3 Å². The van der Waals surface area contributed by atoms with Crippen molar-refractivity contribution in [3.05, 3.63) is 57.5 Å². The summed E-state index contributed by atoms with van der Waals surface area (Å²) in [5.41, 5.74) is 0.955. The van der Waals surface area contributed by atoms with Crippen molar-refractivity contribution < 1.29 is 4.39 Å². The molecule has 0 saturated heterocycles. The third kappa shape index (κ3) is 3.66. The van der Waals surface area contributed by atoms with E-state index in [0.717, 1.165) is 12.8 Å². The molecular formula is C16H17FN2S. The summed E-state index contributed by atoms with van der Waals surface area (Å²) in [5, 5.41) is 14.2. The van der Waals surface area contributed by atoms with Crippen molar-refractivity contribution in [1.29, 1.82) is 5.26 Å². The molecule has 0 aliphatic carbocycles. The van der Waals surface area contributed by atoms with Gasteiger partial charge in [0.05, 0.1) is 11.6 Å². The molecule has 0 saturated carbocycles. The van der Waals surface area contributed by atoms with Gasteiger partial charge in [0, 0.05) is 23.0 Å². The van der Waals surface area contributed by atoms with Crippen LogP contribution in [0.25, 0.3) is 0 Å². The Labute approximate surface area is 122 Å². The van der Waals surface area contributed by atoms with Crippen molar-refractivity contribution in [3.63, 3.8) is 0 Å². The summed E-state index contributed by atoms with van der Waals surface area (Å²) >= 11 is 1.72. The van der Waals surface area contributed by atoms with Gasteiger partial charge in [-0.25, -0.2) is 4.39 Å². The van der Waals surface area contributed by atoms with Gasteiger partial charge in [0.1, 0.15) is 5.82 Å². The summed E-state index contributed by atoms with van der Waals surface area (Å²) in [4.78, 5) is 1.28. The molecule has 1 aromatic carbocycles. The number of nitrogens with one attached hydrogen (secondary N) is 1. The standard InChI is InChI=1S/C16H17FN2S/c1-2-4-15(16-5-3-8-20-16)19-11-13-7-6-12(10-18)9-14(13)17/h3,5-9,15,19H,2,4,11H2,1H3. The minimum Gasteiger partial charge on any atom is -0.305 e. The van der Waals surface area contributed by atoms with Gasteiger partial charge >= 0.3 is 0 Å². The van der Waals surface area contributed by atoms with Crippen LogP contribution in [-0.4, -0.2) is 0 Å². The molecule has 0 radical (unpaired) electrons. The Morgan fingerprint density at radius 2 is 2.25 bits per heavy atom. The van der Waals surface area contributed by atoms with Crippen LogP contribution in [0.5, 0.6) is 0 Å². The lowest BCUT2D eigenvalue weighted by Gasteiger charge is -2.17. The van der Waals surface area contributed by atoms with Gasteiger partial charge in [0.2, 0.25) is 0 Å². The van der Waals surface area contributed by atoms with E-state index in [1.807, 2.05) is 12.1 Å². The first-order valence-corrected chi connectivity index (χ1v) is 7.58. The van der Waals surface area contributed by atoms with E-state index in [1.165, 1.54) is 10.9 Å². The molecule has 0 aliphatic rings. The molecule has 0 amide bonds.